The molecule has 0 fully saturated rings. The number of fused-ring (bicyclic) bond motifs is 1. The van der Waals surface area contributed by atoms with Gasteiger partial charge in [0, 0.05) is 0 Å². The van der Waals surface area contributed by atoms with Crippen LogP contribution in [0.15, 0.2) is 72.8 Å². The van der Waals surface area contributed by atoms with Gasteiger partial charge in [0.15, 0.2) is 0 Å². The van der Waals surface area contributed by atoms with Crippen molar-refractivity contribution in [3.05, 3.63) is 78.4 Å². The summed E-state index contributed by atoms with van der Waals surface area (Å²) >= 11 is -1.80. The van der Waals surface area contributed by atoms with Gasteiger partial charge in [-0.2, -0.15) is 0 Å². The summed E-state index contributed by atoms with van der Waals surface area (Å²) in [6.07, 6.45) is 0.227. The van der Waals surface area contributed by atoms with E-state index in [1.807, 2.05) is 0 Å². The van der Waals surface area contributed by atoms with Crippen molar-refractivity contribution < 1.29 is 0 Å². The molecule has 3 aromatic carbocycles. The first-order chi connectivity index (χ1) is 12.9. The molecule has 0 aromatic heterocycles. The second-order valence-electron chi connectivity index (χ2n) is 8.44. The Bertz CT molecular complexity index is 957. The molecule has 0 N–H and O–H groups in total. The SMILES string of the molecule is Cc1ccccc1N1c2ccccc2N(c2cc[c]([Ge]([CH3])([CH3])[CH3])cc2)[C@@H]1C. The van der Waals surface area contributed by atoms with Crippen molar-refractivity contribution >= 4 is 40.4 Å². The van der Waals surface area contributed by atoms with Gasteiger partial charge in [-0.25, -0.2) is 0 Å². The molecule has 1 atom stereocenters. The van der Waals surface area contributed by atoms with Crippen molar-refractivity contribution in [1.82, 2.24) is 0 Å². The predicted octanol–water partition coefficient (Wildman–Crippen LogP) is 6.18. The summed E-state index contributed by atoms with van der Waals surface area (Å²) in [7, 11) is 0. The van der Waals surface area contributed by atoms with Crippen molar-refractivity contribution in [2.24, 2.45) is 0 Å². The third-order valence-electron chi connectivity index (χ3n) is 5.53. The van der Waals surface area contributed by atoms with Gasteiger partial charge in [-0.1, -0.05) is 0 Å². The molecule has 0 unspecified atom stereocenters. The monoisotopic (exact) mass is 418 g/mol. The fourth-order valence-electron chi connectivity index (χ4n) is 4.03. The fourth-order valence-corrected chi connectivity index (χ4v) is 6.48. The van der Waals surface area contributed by atoms with Gasteiger partial charge in [-0.3, -0.25) is 0 Å². The van der Waals surface area contributed by atoms with Crippen LogP contribution in [0.3, 0.4) is 0 Å². The van der Waals surface area contributed by atoms with E-state index in [1.165, 1.54) is 28.3 Å². The van der Waals surface area contributed by atoms with E-state index in [2.05, 4.69) is 114 Å². The Morgan fingerprint density at radius 1 is 0.667 bits per heavy atom. The van der Waals surface area contributed by atoms with Crippen LogP contribution >= 0.6 is 0 Å². The van der Waals surface area contributed by atoms with Crippen LogP contribution in [-0.2, 0) is 0 Å². The van der Waals surface area contributed by atoms with Crippen molar-refractivity contribution in [3.63, 3.8) is 0 Å². The molecule has 3 heteroatoms. The normalized spacial score (nSPS) is 16.6. The van der Waals surface area contributed by atoms with Gasteiger partial charge >= 0.3 is 166 Å². The van der Waals surface area contributed by atoms with Gasteiger partial charge in [0.05, 0.1) is 0 Å². The number of para-hydroxylation sites is 3. The first kappa shape index (κ1) is 18.2. The maximum atomic E-state index is 2.46. The van der Waals surface area contributed by atoms with Crippen molar-refractivity contribution in [1.29, 1.82) is 0 Å². The average molecular weight is 417 g/mol. The Hall–Kier alpha value is -2.20. The topological polar surface area (TPSA) is 6.48 Å². The first-order valence-electron chi connectivity index (χ1n) is 9.71. The number of anilines is 4. The zero-order chi connectivity index (χ0) is 19.2. The van der Waals surface area contributed by atoms with Crippen LogP contribution in [0.5, 0.6) is 0 Å². The van der Waals surface area contributed by atoms with E-state index in [-0.39, 0.29) is 6.17 Å². The third kappa shape index (κ3) is 3.16. The molecule has 2 nitrogen and oxygen atoms in total. The van der Waals surface area contributed by atoms with Crippen LogP contribution in [0.1, 0.15) is 12.5 Å². The van der Waals surface area contributed by atoms with Crippen LogP contribution in [0.25, 0.3) is 0 Å². The Morgan fingerprint density at radius 3 is 1.74 bits per heavy atom. The van der Waals surface area contributed by atoms with Crippen LogP contribution in [-0.4, -0.2) is 19.4 Å². The molecule has 27 heavy (non-hydrogen) atoms. The Kier molecular flexibility index (Phi) is 4.55. The molecule has 0 spiro atoms. The van der Waals surface area contributed by atoms with E-state index < -0.39 is 13.3 Å². The Balaban J connectivity index is 1.80. The van der Waals surface area contributed by atoms with Gasteiger partial charge in [0.1, 0.15) is 0 Å². The minimum atomic E-state index is -1.80. The number of hydrogen-bond acceptors (Lipinski definition) is 2. The zero-order valence-electron chi connectivity index (χ0n) is 16.9. The molecular weight excluding hydrogens is 389 g/mol. The summed E-state index contributed by atoms with van der Waals surface area (Å²) in [5, 5.41) is 0. The van der Waals surface area contributed by atoms with Gasteiger partial charge in [0.2, 0.25) is 0 Å². The summed E-state index contributed by atoms with van der Waals surface area (Å²) in [5.74, 6) is 7.34. The van der Waals surface area contributed by atoms with Gasteiger partial charge in [-0.15, -0.1) is 0 Å². The molecule has 0 radical (unpaired) electrons. The molecular formula is C24H28GeN2. The summed E-state index contributed by atoms with van der Waals surface area (Å²) in [6, 6.07) is 26.7. The van der Waals surface area contributed by atoms with Crippen LogP contribution in [0.2, 0.25) is 17.3 Å². The summed E-state index contributed by atoms with van der Waals surface area (Å²) in [5.41, 5.74) is 6.40. The minimum absolute atomic E-state index is 0.227. The molecule has 138 valence electrons. The second-order valence-corrected chi connectivity index (χ2v) is 19.1. The predicted molar refractivity (Wildman–Crippen MR) is 121 cm³/mol. The summed E-state index contributed by atoms with van der Waals surface area (Å²) in [4.78, 5) is 4.92. The zero-order valence-corrected chi connectivity index (χ0v) is 19.0. The molecule has 0 saturated carbocycles. The summed E-state index contributed by atoms with van der Waals surface area (Å²) in [6.45, 7) is 4.49. The molecule has 0 aliphatic carbocycles. The standard InChI is InChI=1S/C24H28GeN2/c1-18-10-6-7-11-22(18)27-19(2)26(23-12-8-9-13-24(23)27)21-16-14-20(15-17-21)25(3,4)5/h6-17,19H,1-5H3/t19-/m0/s1. The van der Waals surface area contributed by atoms with E-state index in [0.717, 1.165) is 0 Å². The molecule has 1 aliphatic rings. The van der Waals surface area contributed by atoms with Crippen LogP contribution in [0, 0.1) is 6.92 Å². The Labute approximate surface area is 165 Å². The summed E-state index contributed by atoms with van der Waals surface area (Å²) < 4.78 is 1.55. The average Bonchev–Trinajstić information content (AvgIpc) is 2.93. The number of benzene rings is 3. The molecule has 0 bridgehead atoms. The van der Waals surface area contributed by atoms with Gasteiger partial charge in [0.25, 0.3) is 0 Å². The van der Waals surface area contributed by atoms with Crippen molar-refractivity contribution in [2.75, 3.05) is 9.80 Å². The molecule has 4 rings (SSSR count). The molecule has 3 aromatic rings. The molecule has 0 saturated heterocycles. The molecule has 1 aliphatic heterocycles. The second kappa shape index (κ2) is 6.76. The third-order valence-corrected chi connectivity index (χ3v) is 9.87. The number of aryl methyl sites for hydroxylation is 1. The Morgan fingerprint density at radius 2 is 1.19 bits per heavy atom. The van der Waals surface area contributed by atoms with Gasteiger partial charge in [-0.05, 0) is 0 Å². The maximum absolute atomic E-state index is 2.46. The van der Waals surface area contributed by atoms with Crippen LogP contribution in [0.4, 0.5) is 22.7 Å². The molecule has 0 amide bonds. The number of nitrogens with zero attached hydrogens (tertiary/aromatic N) is 2. The van der Waals surface area contributed by atoms with E-state index in [9.17, 15) is 0 Å². The fraction of sp³-hybridized carbons (Fsp3) is 0.250. The molecule has 1 heterocycles. The van der Waals surface area contributed by atoms with E-state index in [0.29, 0.717) is 0 Å². The number of rotatable bonds is 3. The van der Waals surface area contributed by atoms with Crippen molar-refractivity contribution in [2.45, 2.75) is 37.3 Å². The van der Waals surface area contributed by atoms with E-state index in [1.54, 1.807) is 4.40 Å². The van der Waals surface area contributed by atoms with Gasteiger partial charge < -0.3 is 0 Å². The van der Waals surface area contributed by atoms with Crippen molar-refractivity contribution in [3.8, 4) is 0 Å². The quantitative estimate of drug-likeness (QED) is 0.470. The number of hydrogen-bond donors (Lipinski definition) is 0. The first-order valence-corrected chi connectivity index (χ1v) is 17.1. The van der Waals surface area contributed by atoms with E-state index >= 15 is 0 Å². The van der Waals surface area contributed by atoms with E-state index in [4.69, 9.17) is 0 Å². The van der Waals surface area contributed by atoms with Crippen LogP contribution < -0.4 is 14.2 Å².